The van der Waals surface area contributed by atoms with Gasteiger partial charge in [0.15, 0.2) is 0 Å². The van der Waals surface area contributed by atoms with Gasteiger partial charge in [0.2, 0.25) is 5.91 Å². The first kappa shape index (κ1) is 12.4. The van der Waals surface area contributed by atoms with E-state index in [1.807, 2.05) is 29.8 Å². The van der Waals surface area contributed by atoms with E-state index in [9.17, 15) is 4.79 Å². The molecule has 1 amide bonds. The summed E-state index contributed by atoms with van der Waals surface area (Å²) in [6, 6.07) is 5.87. The van der Waals surface area contributed by atoms with Crippen LogP contribution in [-0.4, -0.2) is 15.5 Å². The second-order valence-electron chi connectivity index (χ2n) is 4.53. The van der Waals surface area contributed by atoms with Crippen molar-refractivity contribution in [3.63, 3.8) is 0 Å². The third-order valence-electron chi connectivity index (χ3n) is 3.30. The summed E-state index contributed by atoms with van der Waals surface area (Å²) in [6.45, 7) is 0.389. The molecule has 0 saturated carbocycles. The number of amides is 1. The summed E-state index contributed by atoms with van der Waals surface area (Å²) >= 11 is 3.53. The van der Waals surface area contributed by atoms with Crippen LogP contribution >= 0.6 is 15.9 Å². The van der Waals surface area contributed by atoms with Crippen molar-refractivity contribution in [3.05, 3.63) is 34.2 Å². The van der Waals surface area contributed by atoms with Gasteiger partial charge in [-0.1, -0.05) is 6.07 Å². The van der Waals surface area contributed by atoms with Crippen LogP contribution in [0.15, 0.2) is 22.8 Å². The number of rotatable bonds is 2. The summed E-state index contributed by atoms with van der Waals surface area (Å²) in [6.07, 6.45) is 0.428. The number of fused-ring (bicyclic) bond motifs is 1. The first-order chi connectivity index (χ1) is 9.10. The minimum absolute atomic E-state index is 0.0369. The highest BCUT2D eigenvalue weighted by Gasteiger charge is 2.20. The van der Waals surface area contributed by atoms with Crippen molar-refractivity contribution in [1.82, 2.24) is 9.55 Å². The molecule has 0 atom stereocenters. The van der Waals surface area contributed by atoms with E-state index in [0.717, 1.165) is 32.9 Å². The van der Waals surface area contributed by atoms with Crippen molar-refractivity contribution < 1.29 is 4.79 Å². The van der Waals surface area contributed by atoms with Crippen LogP contribution in [0, 0.1) is 0 Å². The van der Waals surface area contributed by atoms with E-state index >= 15 is 0 Å². The zero-order chi connectivity index (χ0) is 13.6. The minimum Gasteiger partial charge on any atom is -0.326 e. The Morgan fingerprint density at radius 3 is 3.00 bits per heavy atom. The fraction of sp³-hybridized carbons (Fsp3) is 0.231. The molecule has 0 saturated heterocycles. The van der Waals surface area contributed by atoms with Crippen LogP contribution in [0.2, 0.25) is 0 Å². The zero-order valence-electron chi connectivity index (χ0n) is 10.4. The van der Waals surface area contributed by atoms with Gasteiger partial charge in [-0.3, -0.25) is 4.79 Å². The fourth-order valence-corrected chi connectivity index (χ4v) is 2.79. The lowest BCUT2D eigenvalue weighted by Gasteiger charge is -2.02. The number of nitrogens with two attached hydrogens (primary N) is 1. The molecule has 2 aromatic rings. The molecule has 1 aromatic heterocycles. The van der Waals surface area contributed by atoms with Crippen molar-refractivity contribution >= 4 is 27.5 Å². The molecule has 0 radical (unpaired) electrons. The number of nitrogens with one attached hydrogen (secondary N) is 1. The van der Waals surface area contributed by atoms with Crippen LogP contribution in [-0.2, 0) is 24.8 Å². The van der Waals surface area contributed by atoms with Gasteiger partial charge in [0.05, 0.1) is 13.0 Å². The molecule has 1 aliphatic rings. The number of benzene rings is 1. The number of carbonyl (C=O) groups excluding carboxylic acids is 1. The lowest BCUT2D eigenvalue weighted by molar-refractivity contribution is -0.115. The smallest absolute Gasteiger partial charge is 0.228 e. The van der Waals surface area contributed by atoms with Gasteiger partial charge < -0.3 is 15.6 Å². The predicted octanol–water partition coefficient (Wildman–Crippen LogP) is 1.80. The summed E-state index contributed by atoms with van der Waals surface area (Å²) in [5.41, 5.74) is 9.39. The fourth-order valence-electron chi connectivity index (χ4n) is 2.27. The SMILES string of the molecule is Cn1c(CN)nc(-c2ccc3c(c2)CC(=O)N3)c1Br. The highest BCUT2D eigenvalue weighted by molar-refractivity contribution is 9.10. The first-order valence-electron chi connectivity index (χ1n) is 5.94. The van der Waals surface area contributed by atoms with Gasteiger partial charge in [-0.05, 0) is 33.6 Å². The maximum Gasteiger partial charge on any atom is 0.228 e. The monoisotopic (exact) mass is 320 g/mol. The predicted molar refractivity (Wildman–Crippen MR) is 76.6 cm³/mol. The van der Waals surface area contributed by atoms with Gasteiger partial charge in [-0.25, -0.2) is 4.98 Å². The van der Waals surface area contributed by atoms with Crippen molar-refractivity contribution in [2.24, 2.45) is 12.8 Å². The van der Waals surface area contributed by atoms with Gasteiger partial charge in [-0.15, -0.1) is 0 Å². The Morgan fingerprint density at radius 1 is 1.53 bits per heavy atom. The summed E-state index contributed by atoms with van der Waals surface area (Å²) in [5.74, 6) is 0.853. The average Bonchev–Trinajstić information content (AvgIpc) is 2.90. The van der Waals surface area contributed by atoms with Crippen LogP contribution < -0.4 is 11.1 Å². The number of hydrogen-bond acceptors (Lipinski definition) is 3. The number of imidazole rings is 1. The highest BCUT2D eigenvalue weighted by Crippen LogP contribution is 2.32. The molecule has 0 bridgehead atoms. The van der Waals surface area contributed by atoms with E-state index in [1.165, 1.54) is 0 Å². The summed E-state index contributed by atoms with van der Waals surface area (Å²) < 4.78 is 2.82. The highest BCUT2D eigenvalue weighted by atomic mass is 79.9. The quantitative estimate of drug-likeness (QED) is 0.886. The largest absolute Gasteiger partial charge is 0.326 e. The molecule has 0 spiro atoms. The number of nitrogens with zero attached hydrogens (tertiary/aromatic N) is 2. The summed E-state index contributed by atoms with van der Waals surface area (Å²) in [5, 5.41) is 2.82. The number of anilines is 1. The van der Waals surface area contributed by atoms with E-state index in [2.05, 4.69) is 26.2 Å². The Kier molecular flexibility index (Phi) is 2.91. The zero-order valence-corrected chi connectivity index (χ0v) is 12.0. The number of halogens is 1. The number of carbonyl (C=O) groups is 1. The molecule has 0 fully saturated rings. The maximum atomic E-state index is 11.4. The van der Waals surface area contributed by atoms with E-state index in [-0.39, 0.29) is 5.91 Å². The lowest BCUT2D eigenvalue weighted by Crippen LogP contribution is -2.04. The Balaban J connectivity index is 2.09. The Morgan fingerprint density at radius 2 is 2.32 bits per heavy atom. The molecule has 1 aromatic carbocycles. The lowest BCUT2D eigenvalue weighted by atomic mass is 10.1. The van der Waals surface area contributed by atoms with Crippen LogP contribution in [0.3, 0.4) is 0 Å². The molecule has 2 heterocycles. The molecule has 98 valence electrons. The molecule has 0 unspecified atom stereocenters. The second kappa shape index (κ2) is 4.47. The van der Waals surface area contributed by atoms with Crippen molar-refractivity contribution in [3.8, 4) is 11.3 Å². The van der Waals surface area contributed by atoms with Gasteiger partial charge in [0, 0.05) is 18.3 Å². The van der Waals surface area contributed by atoms with E-state index in [0.29, 0.717) is 13.0 Å². The molecule has 19 heavy (non-hydrogen) atoms. The number of aromatic nitrogens is 2. The topological polar surface area (TPSA) is 72.9 Å². The maximum absolute atomic E-state index is 11.4. The molecule has 0 aliphatic carbocycles. The third kappa shape index (κ3) is 1.97. The Bertz CT molecular complexity index is 678. The van der Waals surface area contributed by atoms with Gasteiger partial charge in [-0.2, -0.15) is 0 Å². The standard InChI is InChI=1S/C13H13BrN4O/c1-18-10(6-15)17-12(13(18)14)7-2-3-9-8(4-7)5-11(19)16-9/h2-4H,5-6,15H2,1H3,(H,16,19). The number of hydrogen-bond donors (Lipinski definition) is 2. The molecule has 3 N–H and O–H groups in total. The van der Waals surface area contributed by atoms with Gasteiger partial charge in [0.1, 0.15) is 16.1 Å². The Labute approximate surface area is 119 Å². The first-order valence-corrected chi connectivity index (χ1v) is 6.73. The summed E-state index contributed by atoms with van der Waals surface area (Å²) in [4.78, 5) is 15.9. The molecule has 5 nitrogen and oxygen atoms in total. The van der Waals surface area contributed by atoms with Gasteiger partial charge >= 0.3 is 0 Å². The van der Waals surface area contributed by atoms with Crippen molar-refractivity contribution in [1.29, 1.82) is 0 Å². The van der Waals surface area contributed by atoms with Crippen LogP contribution in [0.25, 0.3) is 11.3 Å². The Hall–Kier alpha value is -1.66. The molecular weight excluding hydrogens is 308 g/mol. The van der Waals surface area contributed by atoms with E-state index in [1.54, 1.807) is 0 Å². The third-order valence-corrected chi connectivity index (χ3v) is 4.21. The minimum atomic E-state index is 0.0369. The molecule has 6 heteroatoms. The van der Waals surface area contributed by atoms with Crippen molar-refractivity contribution in [2.75, 3.05) is 5.32 Å². The van der Waals surface area contributed by atoms with E-state index in [4.69, 9.17) is 5.73 Å². The van der Waals surface area contributed by atoms with Crippen LogP contribution in [0.5, 0.6) is 0 Å². The van der Waals surface area contributed by atoms with E-state index < -0.39 is 0 Å². The van der Waals surface area contributed by atoms with Crippen LogP contribution in [0.4, 0.5) is 5.69 Å². The molecule has 1 aliphatic heterocycles. The second-order valence-corrected chi connectivity index (χ2v) is 5.28. The van der Waals surface area contributed by atoms with Gasteiger partial charge in [0.25, 0.3) is 0 Å². The molecular formula is C13H13BrN4O. The summed E-state index contributed by atoms with van der Waals surface area (Å²) in [7, 11) is 1.92. The van der Waals surface area contributed by atoms with Crippen LogP contribution in [0.1, 0.15) is 11.4 Å². The molecule has 3 rings (SSSR count). The normalized spacial score (nSPS) is 13.5. The average molecular weight is 321 g/mol. The van der Waals surface area contributed by atoms with Crippen molar-refractivity contribution in [2.45, 2.75) is 13.0 Å².